The van der Waals surface area contributed by atoms with Crippen molar-refractivity contribution in [3.8, 4) is 22.8 Å². The van der Waals surface area contributed by atoms with Gasteiger partial charge in [-0.3, -0.25) is 9.59 Å². The van der Waals surface area contributed by atoms with Crippen molar-refractivity contribution in [2.45, 2.75) is 38.5 Å². The normalized spacial score (nSPS) is 13.0. The van der Waals surface area contributed by atoms with Crippen molar-refractivity contribution in [3.05, 3.63) is 50.2 Å². The van der Waals surface area contributed by atoms with Gasteiger partial charge in [0.15, 0.2) is 5.13 Å². The lowest BCUT2D eigenvalue weighted by molar-refractivity contribution is -0.116. The van der Waals surface area contributed by atoms with Crippen LogP contribution in [0.15, 0.2) is 28.4 Å². The highest BCUT2D eigenvalue weighted by Gasteiger charge is 2.20. The number of ether oxygens (including phenoxy) is 2. The number of amides is 1. The van der Waals surface area contributed by atoms with E-state index in [1.54, 1.807) is 25.6 Å². The third kappa shape index (κ3) is 4.43. The fourth-order valence-corrected chi connectivity index (χ4v) is 6.22. The number of hydrogen-bond acceptors (Lipinski definition) is 8. The molecule has 8 nitrogen and oxygen atoms in total. The van der Waals surface area contributed by atoms with E-state index in [4.69, 9.17) is 9.47 Å². The largest absolute Gasteiger partial charge is 0.497 e. The summed E-state index contributed by atoms with van der Waals surface area (Å²) in [7, 11) is 3.20. The van der Waals surface area contributed by atoms with E-state index in [1.165, 1.54) is 16.2 Å². The molecule has 0 aliphatic heterocycles. The number of aromatic amines is 1. The van der Waals surface area contributed by atoms with Gasteiger partial charge in [-0.1, -0.05) is 0 Å². The molecule has 0 fully saturated rings. The third-order valence-electron chi connectivity index (χ3n) is 5.90. The number of nitrogens with zero attached hydrogens (tertiary/aromatic N) is 2. The van der Waals surface area contributed by atoms with Crippen molar-refractivity contribution in [1.29, 1.82) is 0 Å². The highest BCUT2D eigenvalue weighted by molar-refractivity contribution is 7.18. The molecule has 0 spiro atoms. The second kappa shape index (κ2) is 9.55. The molecular formula is C24H24N4O4S2. The summed E-state index contributed by atoms with van der Waals surface area (Å²) >= 11 is 2.95. The minimum atomic E-state index is -0.188. The molecule has 3 aromatic heterocycles. The number of aromatic nitrogens is 3. The molecule has 10 heteroatoms. The van der Waals surface area contributed by atoms with E-state index >= 15 is 0 Å². The molecule has 176 valence electrons. The number of H-pyrrole nitrogens is 1. The van der Waals surface area contributed by atoms with E-state index in [0.717, 1.165) is 47.0 Å². The molecule has 3 heterocycles. The number of aryl methyl sites for hydroxylation is 3. The number of anilines is 1. The lowest BCUT2D eigenvalue weighted by Crippen LogP contribution is -2.16. The van der Waals surface area contributed by atoms with Gasteiger partial charge in [-0.15, -0.1) is 22.7 Å². The molecule has 34 heavy (non-hydrogen) atoms. The van der Waals surface area contributed by atoms with E-state index in [0.29, 0.717) is 34.6 Å². The van der Waals surface area contributed by atoms with Crippen molar-refractivity contribution < 1.29 is 14.3 Å². The fraction of sp³-hybridized carbons (Fsp3) is 0.333. The Morgan fingerprint density at radius 1 is 1.18 bits per heavy atom. The number of benzene rings is 1. The summed E-state index contributed by atoms with van der Waals surface area (Å²) in [4.78, 5) is 39.4. The van der Waals surface area contributed by atoms with Gasteiger partial charge in [-0.25, -0.2) is 9.97 Å². The lowest BCUT2D eigenvalue weighted by Gasteiger charge is -2.09. The van der Waals surface area contributed by atoms with Crippen LogP contribution in [-0.2, 0) is 24.1 Å². The Kier molecular flexibility index (Phi) is 6.34. The van der Waals surface area contributed by atoms with Crippen molar-refractivity contribution in [3.63, 3.8) is 0 Å². The van der Waals surface area contributed by atoms with Crippen molar-refractivity contribution in [2.75, 3.05) is 19.5 Å². The molecular weight excluding hydrogens is 472 g/mol. The quantitative estimate of drug-likeness (QED) is 0.388. The number of hydrogen-bond donors (Lipinski definition) is 2. The van der Waals surface area contributed by atoms with Gasteiger partial charge in [0.1, 0.15) is 22.2 Å². The molecule has 5 rings (SSSR count). The Bertz CT molecular complexity index is 1420. The Morgan fingerprint density at radius 3 is 2.85 bits per heavy atom. The molecule has 0 atom stereocenters. The molecule has 1 aromatic carbocycles. The summed E-state index contributed by atoms with van der Waals surface area (Å²) in [5.74, 6) is 1.71. The lowest BCUT2D eigenvalue weighted by atomic mass is 9.97. The average Bonchev–Trinajstić information content (AvgIpc) is 3.46. The van der Waals surface area contributed by atoms with Crippen LogP contribution in [0.3, 0.4) is 0 Å². The molecule has 4 aromatic rings. The summed E-state index contributed by atoms with van der Waals surface area (Å²) in [6, 6.07) is 5.49. The molecule has 0 saturated heterocycles. The van der Waals surface area contributed by atoms with E-state index in [-0.39, 0.29) is 17.9 Å². The minimum Gasteiger partial charge on any atom is -0.497 e. The number of carbonyl (C=O) groups excluding carboxylic acids is 1. The minimum absolute atomic E-state index is 0.100. The maximum atomic E-state index is 12.7. The number of fused-ring (bicyclic) bond motifs is 3. The number of methoxy groups -OCH3 is 2. The number of thiophene rings is 1. The molecule has 2 N–H and O–H groups in total. The van der Waals surface area contributed by atoms with Gasteiger partial charge in [0.2, 0.25) is 5.91 Å². The Hall–Kier alpha value is -3.24. The fourth-order valence-electron chi connectivity index (χ4n) is 4.21. The van der Waals surface area contributed by atoms with Gasteiger partial charge in [0.25, 0.3) is 5.56 Å². The zero-order chi connectivity index (χ0) is 23.7. The summed E-state index contributed by atoms with van der Waals surface area (Å²) in [6.07, 6.45) is 4.78. The first-order valence-electron chi connectivity index (χ1n) is 11.1. The van der Waals surface area contributed by atoms with Crippen LogP contribution in [-0.4, -0.2) is 35.1 Å². The first kappa shape index (κ1) is 22.5. The molecule has 1 aliphatic rings. The van der Waals surface area contributed by atoms with Crippen LogP contribution < -0.4 is 20.3 Å². The van der Waals surface area contributed by atoms with E-state index in [2.05, 4.69) is 20.3 Å². The monoisotopic (exact) mass is 496 g/mol. The summed E-state index contributed by atoms with van der Waals surface area (Å²) in [5, 5.41) is 5.92. The van der Waals surface area contributed by atoms with Crippen LogP contribution >= 0.6 is 22.7 Å². The zero-order valence-electron chi connectivity index (χ0n) is 18.9. The number of thiazole rings is 1. The van der Waals surface area contributed by atoms with Gasteiger partial charge in [0, 0.05) is 28.7 Å². The highest BCUT2D eigenvalue weighted by atomic mass is 32.1. The zero-order valence-corrected chi connectivity index (χ0v) is 20.5. The molecule has 1 aliphatic carbocycles. The maximum Gasteiger partial charge on any atom is 0.259 e. The third-order valence-corrected chi connectivity index (χ3v) is 7.84. The van der Waals surface area contributed by atoms with Crippen LogP contribution in [0.1, 0.15) is 35.5 Å². The molecule has 0 radical (unpaired) electrons. The summed E-state index contributed by atoms with van der Waals surface area (Å²) in [5.41, 5.74) is 2.54. The van der Waals surface area contributed by atoms with Gasteiger partial charge in [0.05, 0.1) is 25.3 Å². The smallest absolute Gasteiger partial charge is 0.259 e. The van der Waals surface area contributed by atoms with Crippen LogP contribution in [0.4, 0.5) is 5.13 Å². The molecule has 0 saturated carbocycles. The predicted molar refractivity (Wildman–Crippen MR) is 134 cm³/mol. The van der Waals surface area contributed by atoms with Crippen molar-refractivity contribution in [2.24, 2.45) is 0 Å². The van der Waals surface area contributed by atoms with E-state index in [9.17, 15) is 9.59 Å². The maximum absolute atomic E-state index is 12.7. The molecule has 1 amide bonds. The SMILES string of the molecule is COc1ccc(OC)c(-c2csc(NC(=O)CCc3nc4sc5c(c4c(=O)[nH]3)CCCC5)n2)c1. The Labute approximate surface area is 204 Å². The van der Waals surface area contributed by atoms with Gasteiger partial charge in [-0.05, 0) is 49.4 Å². The van der Waals surface area contributed by atoms with Crippen molar-refractivity contribution in [1.82, 2.24) is 15.0 Å². The van der Waals surface area contributed by atoms with Crippen LogP contribution in [0.25, 0.3) is 21.5 Å². The highest BCUT2D eigenvalue weighted by Crippen LogP contribution is 2.35. The van der Waals surface area contributed by atoms with Crippen molar-refractivity contribution >= 4 is 43.9 Å². The van der Waals surface area contributed by atoms with Crippen LogP contribution in [0, 0.1) is 0 Å². The Morgan fingerprint density at radius 2 is 2.03 bits per heavy atom. The standard InChI is InChI=1S/C24H24N4O4S2/c1-31-13-7-8-17(32-2)15(11-13)16-12-33-24(25-16)28-20(29)10-9-19-26-22(30)21-14-5-3-4-6-18(14)34-23(21)27-19/h7-8,11-12H,3-6,9-10H2,1-2H3,(H,25,28,29)(H,26,27,30). The topological polar surface area (TPSA) is 106 Å². The number of nitrogens with one attached hydrogen (secondary N) is 2. The van der Waals surface area contributed by atoms with Gasteiger partial charge >= 0.3 is 0 Å². The number of rotatable bonds is 7. The Balaban J connectivity index is 1.27. The second-order valence-electron chi connectivity index (χ2n) is 8.06. The molecule has 0 bridgehead atoms. The van der Waals surface area contributed by atoms with E-state index in [1.807, 2.05) is 23.6 Å². The summed E-state index contributed by atoms with van der Waals surface area (Å²) < 4.78 is 10.7. The number of carbonyl (C=O) groups is 1. The molecule has 0 unspecified atom stereocenters. The average molecular weight is 497 g/mol. The summed E-state index contributed by atoms with van der Waals surface area (Å²) in [6.45, 7) is 0. The predicted octanol–water partition coefficient (Wildman–Crippen LogP) is 4.58. The van der Waals surface area contributed by atoms with E-state index < -0.39 is 0 Å². The van der Waals surface area contributed by atoms with Gasteiger partial charge in [-0.2, -0.15) is 0 Å². The second-order valence-corrected chi connectivity index (χ2v) is 10.00. The van der Waals surface area contributed by atoms with Crippen LogP contribution in [0.5, 0.6) is 11.5 Å². The first-order chi connectivity index (χ1) is 16.6. The van der Waals surface area contributed by atoms with Gasteiger partial charge < -0.3 is 19.8 Å². The first-order valence-corrected chi connectivity index (χ1v) is 12.8. The van der Waals surface area contributed by atoms with Crippen LogP contribution in [0.2, 0.25) is 0 Å².